The fourth-order valence-corrected chi connectivity index (χ4v) is 1.50. The molecule has 0 amide bonds. The van der Waals surface area contributed by atoms with Crippen LogP contribution in [0.25, 0.3) is 0 Å². The van der Waals surface area contributed by atoms with Gasteiger partial charge in [0.2, 0.25) is 0 Å². The largest absolute Gasteiger partial charge is 0.507 e. The molecule has 0 atom stereocenters. The van der Waals surface area contributed by atoms with Crippen LogP contribution < -0.4 is 5.73 Å². The van der Waals surface area contributed by atoms with E-state index in [1.807, 2.05) is 26.0 Å². The van der Waals surface area contributed by atoms with Gasteiger partial charge in [0.1, 0.15) is 5.75 Å². The molecule has 0 unspecified atom stereocenters. The van der Waals surface area contributed by atoms with Gasteiger partial charge in [-0.15, -0.1) is 5.10 Å². The van der Waals surface area contributed by atoms with Crippen LogP contribution in [0.4, 0.5) is 0 Å². The first-order valence-electron chi connectivity index (χ1n) is 4.92. The van der Waals surface area contributed by atoms with Crippen LogP contribution in [0.1, 0.15) is 18.1 Å². The first kappa shape index (κ1) is 12.6. The van der Waals surface area contributed by atoms with E-state index in [9.17, 15) is 5.11 Å². The maximum Gasteiger partial charge on any atom is 0.180 e. The van der Waals surface area contributed by atoms with Crippen LogP contribution in [0.15, 0.2) is 28.4 Å². The Balaban J connectivity index is 2.76. The lowest BCUT2D eigenvalue weighted by Crippen LogP contribution is -2.05. The summed E-state index contributed by atoms with van der Waals surface area (Å²) in [6, 6.07) is 5.29. The first-order chi connectivity index (χ1) is 7.63. The minimum absolute atomic E-state index is 0.186. The number of benzene rings is 1. The van der Waals surface area contributed by atoms with E-state index in [4.69, 9.17) is 5.73 Å². The zero-order valence-electron chi connectivity index (χ0n) is 9.34. The van der Waals surface area contributed by atoms with Gasteiger partial charge in [-0.2, -0.15) is 5.10 Å². The number of phenols is 1. The number of thioether (sulfide) groups is 1. The molecule has 1 rings (SSSR count). The lowest BCUT2D eigenvalue weighted by molar-refractivity contribution is 0.474. The predicted molar refractivity (Wildman–Crippen MR) is 70.2 cm³/mol. The lowest BCUT2D eigenvalue weighted by atomic mass is 10.1. The van der Waals surface area contributed by atoms with Gasteiger partial charge in [-0.3, -0.25) is 0 Å². The predicted octanol–water partition coefficient (Wildman–Crippen LogP) is 2.10. The molecule has 0 saturated carbocycles. The Bertz CT molecular complexity index is 416. The van der Waals surface area contributed by atoms with Gasteiger partial charge in [-0.05, 0) is 24.8 Å². The maximum absolute atomic E-state index is 9.53. The van der Waals surface area contributed by atoms with Crippen LogP contribution in [0.2, 0.25) is 0 Å². The van der Waals surface area contributed by atoms with E-state index in [1.54, 1.807) is 6.07 Å². The molecule has 4 nitrogen and oxygen atoms in total. The smallest absolute Gasteiger partial charge is 0.180 e. The van der Waals surface area contributed by atoms with Crippen molar-refractivity contribution >= 4 is 23.1 Å². The Hall–Kier alpha value is -1.49. The third-order valence-electron chi connectivity index (χ3n) is 1.83. The summed E-state index contributed by atoms with van der Waals surface area (Å²) < 4.78 is 0. The van der Waals surface area contributed by atoms with Crippen molar-refractivity contribution in [2.75, 3.05) is 5.75 Å². The van der Waals surface area contributed by atoms with Gasteiger partial charge < -0.3 is 10.8 Å². The first-order valence-corrected chi connectivity index (χ1v) is 5.91. The van der Waals surface area contributed by atoms with E-state index in [-0.39, 0.29) is 5.75 Å². The van der Waals surface area contributed by atoms with Gasteiger partial charge in [0.25, 0.3) is 0 Å². The topological polar surface area (TPSA) is 71.0 Å². The molecule has 1 aromatic carbocycles. The zero-order chi connectivity index (χ0) is 12.0. The Morgan fingerprint density at radius 2 is 2.31 bits per heavy atom. The molecule has 0 aliphatic rings. The lowest BCUT2D eigenvalue weighted by Gasteiger charge is -1.98. The van der Waals surface area contributed by atoms with Crippen molar-refractivity contribution in [3.63, 3.8) is 0 Å². The molecule has 0 aliphatic heterocycles. The van der Waals surface area contributed by atoms with E-state index in [0.29, 0.717) is 10.7 Å². The van der Waals surface area contributed by atoms with E-state index >= 15 is 0 Å². The normalized spacial score (nSPS) is 12.2. The fourth-order valence-electron chi connectivity index (χ4n) is 1.10. The molecule has 0 aliphatic carbocycles. The second-order valence-corrected chi connectivity index (χ2v) is 4.46. The maximum atomic E-state index is 9.53. The van der Waals surface area contributed by atoms with Gasteiger partial charge in [0, 0.05) is 5.56 Å². The third kappa shape index (κ3) is 3.94. The average Bonchev–Trinajstić information content (AvgIpc) is 2.23. The quantitative estimate of drug-likeness (QED) is 0.480. The van der Waals surface area contributed by atoms with Crippen molar-refractivity contribution in [2.24, 2.45) is 15.9 Å². The number of rotatable bonds is 3. The SMILES string of the molecule is CCSC(N)=N/N=C\c1cc(C)ccc1O. The van der Waals surface area contributed by atoms with Crippen molar-refractivity contribution in [3.8, 4) is 5.75 Å². The molecule has 0 aromatic heterocycles. The molecule has 16 heavy (non-hydrogen) atoms. The molecule has 5 heteroatoms. The molecule has 0 spiro atoms. The number of amidine groups is 1. The Morgan fingerprint density at radius 1 is 1.56 bits per heavy atom. The molecule has 0 radical (unpaired) electrons. The molecular weight excluding hydrogens is 222 g/mol. The van der Waals surface area contributed by atoms with E-state index in [1.165, 1.54) is 18.0 Å². The summed E-state index contributed by atoms with van der Waals surface area (Å²) in [6.45, 7) is 3.94. The minimum Gasteiger partial charge on any atom is -0.507 e. The number of nitrogens with zero attached hydrogens (tertiary/aromatic N) is 2. The van der Waals surface area contributed by atoms with E-state index in [2.05, 4.69) is 10.2 Å². The van der Waals surface area contributed by atoms with Crippen molar-refractivity contribution < 1.29 is 5.11 Å². The van der Waals surface area contributed by atoms with Crippen LogP contribution in [-0.2, 0) is 0 Å². The van der Waals surface area contributed by atoms with Crippen LogP contribution in [0, 0.1) is 6.92 Å². The van der Waals surface area contributed by atoms with Crippen LogP contribution >= 0.6 is 11.8 Å². The van der Waals surface area contributed by atoms with E-state index < -0.39 is 0 Å². The zero-order valence-corrected chi connectivity index (χ0v) is 10.2. The molecule has 0 saturated heterocycles. The second-order valence-electron chi connectivity index (χ2n) is 3.18. The molecule has 0 bridgehead atoms. The van der Waals surface area contributed by atoms with E-state index in [0.717, 1.165) is 11.3 Å². The monoisotopic (exact) mass is 237 g/mol. The molecular formula is C11H15N3OS. The summed E-state index contributed by atoms with van der Waals surface area (Å²) in [4.78, 5) is 0. The van der Waals surface area contributed by atoms with Crippen molar-refractivity contribution in [1.82, 2.24) is 0 Å². The number of phenolic OH excluding ortho intramolecular Hbond substituents is 1. The number of aryl methyl sites for hydroxylation is 1. The molecule has 0 fully saturated rings. The highest BCUT2D eigenvalue weighted by Crippen LogP contribution is 2.15. The van der Waals surface area contributed by atoms with Crippen LogP contribution in [0.5, 0.6) is 5.75 Å². The molecule has 3 N–H and O–H groups in total. The Morgan fingerprint density at radius 3 is 3.00 bits per heavy atom. The summed E-state index contributed by atoms with van der Waals surface area (Å²) >= 11 is 1.43. The summed E-state index contributed by atoms with van der Waals surface area (Å²) in [5.74, 6) is 1.05. The van der Waals surface area contributed by atoms with Gasteiger partial charge in [0.15, 0.2) is 5.17 Å². The van der Waals surface area contributed by atoms with Gasteiger partial charge >= 0.3 is 0 Å². The fraction of sp³-hybridized carbons (Fsp3) is 0.273. The number of nitrogens with two attached hydrogens (primary N) is 1. The summed E-state index contributed by atoms with van der Waals surface area (Å²) in [6.07, 6.45) is 1.49. The molecule has 86 valence electrons. The van der Waals surface area contributed by atoms with Gasteiger partial charge in [0.05, 0.1) is 6.21 Å². The highest BCUT2D eigenvalue weighted by atomic mass is 32.2. The average molecular weight is 237 g/mol. The third-order valence-corrected chi connectivity index (χ3v) is 2.49. The van der Waals surface area contributed by atoms with Crippen molar-refractivity contribution in [2.45, 2.75) is 13.8 Å². The number of hydrogen-bond acceptors (Lipinski definition) is 4. The number of hydrogen-bond donors (Lipinski definition) is 2. The summed E-state index contributed by atoms with van der Waals surface area (Å²) in [5.41, 5.74) is 7.24. The summed E-state index contributed by atoms with van der Waals surface area (Å²) in [7, 11) is 0. The Labute approximate surface area is 99.3 Å². The summed E-state index contributed by atoms with van der Waals surface area (Å²) in [5, 5.41) is 17.6. The van der Waals surface area contributed by atoms with Crippen molar-refractivity contribution in [1.29, 1.82) is 0 Å². The second kappa shape index (κ2) is 6.17. The van der Waals surface area contributed by atoms with Gasteiger partial charge in [-0.25, -0.2) is 0 Å². The molecule has 0 heterocycles. The highest BCUT2D eigenvalue weighted by molar-refractivity contribution is 8.13. The molecule has 1 aromatic rings. The van der Waals surface area contributed by atoms with Crippen LogP contribution in [-0.4, -0.2) is 22.2 Å². The highest BCUT2D eigenvalue weighted by Gasteiger charge is 1.97. The van der Waals surface area contributed by atoms with Crippen LogP contribution in [0.3, 0.4) is 0 Å². The van der Waals surface area contributed by atoms with Crippen molar-refractivity contribution in [3.05, 3.63) is 29.3 Å². The number of aromatic hydroxyl groups is 1. The standard InChI is InChI=1S/C11H15N3OS/c1-3-16-11(12)14-13-7-9-6-8(2)4-5-10(9)15/h4-7,15H,3H2,1-2H3,(H2,12,14)/b13-7-. The minimum atomic E-state index is 0.186. The Kier molecular flexibility index (Phi) is 4.85. The van der Waals surface area contributed by atoms with Gasteiger partial charge in [-0.1, -0.05) is 30.3 Å².